The normalized spacial score (nSPS) is 18.8. The van der Waals surface area contributed by atoms with Crippen LogP contribution in [0.4, 0.5) is 0 Å². The molecule has 0 radical (unpaired) electrons. The van der Waals surface area contributed by atoms with Crippen molar-refractivity contribution in [1.82, 2.24) is 10.6 Å². The van der Waals surface area contributed by atoms with Gasteiger partial charge in [0.2, 0.25) is 11.8 Å². The number of nitrogens with one attached hydrogen (secondary N) is 2. The van der Waals surface area contributed by atoms with Crippen molar-refractivity contribution >= 4 is 35.3 Å². The number of fused-ring (bicyclic) bond motifs is 1. The van der Waals surface area contributed by atoms with Gasteiger partial charge in [0.05, 0.1) is 39.5 Å². The zero-order valence-electron chi connectivity index (χ0n) is 26.0. The summed E-state index contributed by atoms with van der Waals surface area (Å²) in [5, 5.41) is 25.1. The first-order valence-corrected chi connectivity index (χ1v) is 17.0. The van der Waals surface area contributed by atoms with E-state index in [1.807, 2.05) is 11.8 Å². The highest BCUT2D eigenvalue weighted by atomic mass is 32.2. The van der Waals surface area contributed by atoms with Gasteiger partial charge < -0.3 is 39.8 Å². The van der Waals surface area contributed by atoms with E-state index in [9.17, 15) is 29.4 Å². The molecular weight excluding hydrogens is 604 g/mol. The number of rotatable bonds is 24. The number of ketones is 1. The van der Waals surface area contributed by atoms with Crippen molar-refractivity contribution in [3.8, 4) is 11.5 Å². The number of carbonyl (C=O) groups excluding carboxylic acids is 4. The van der Waals surface area contributed by atoms with Crippen LogP contribution < -0.4 is 10.6 Å². The molecule has 45 heavy (non-hydrogen) atoms. The lowest BCUT2D eigenvalue weighted by molar-refractivity contribution is -0.146. The Morgan fingerprint density at radius 3 is 2.33 bits per heavy atom. The number of ether oxygens (including phenoxy) is 4. The molecule has 2 aliphatic heterocycles. The van der Waals surface area contributed by atoms with Gasteiger partial charge in [-0.3, -0.25) is 19.2 Å². The van der Waals surface area contributed by atoms with E-state index in [0.29, 0.717) is 88.9 Å². The number of aromatic hydroxyl groups is 2. The number of hydrogen-bond donors (Lipinski definition) is 4. The smallest absolute Gasteiger partial charge is 0.306 e. The summed E-state index contributed by atoms with van der Waals surface area (Å²) >= 11 is 1.96. The monoisotopic (exact) mass is 652 g/mol. The maximum atomic E-state index is 12.1. The molecule has 2 fully saturated rings. The minimum absolute atomic E-state index is 0.0109. The molecule has 0 unspecified atom stereocenters. The highest BCUT2D eigenvalue weighted by molar-refractivity contribution is 8.00. The zero-order chi connectivity index (χ0) is 32.3. The number of Topliss-reactive ketones (excluding diaryl/α,β-unsaturated/α-hetero) is 1. The lowest BCUT2D eigenvalue weighted by Crippen LogP contribution is -2.29. The summed E-state index contributed by atoms with van der Waals surface area (Å²) < 4.78 is 21.4. The van der Waals surface area contributed by atoms with Gasteiger partial charge in [-0.15, -0.1) is 0 Å². The van der Waals surface area contributed by atoms with E-state index < -0.39 is 5.97 Å². The van der Waals surface area contributed by atoms with Crippen LogP contribution in [-0.2, 0) is 44.5 Å². The molecule has 2 saturated heterocycles. The quantitative estimate of drug-likeness (QED) is 0.0736. The average molecular weight is 653 g/mol. The Kier molecular flexibility index (Phi) is 17.1. The molecule has 4 N–H and O–H groups in total. The fourth-order valence-corrected chi connectivity index (χ4v) is 6.95. The van der Waals surface area contributed by atoms with Gasteiger partial charge in [0.15, 0.2) is 11.5 Å². The van der Waals surface area contributed by atoms with Crippen molar-refractivity contribution in [1.29, 1.82) is 0 Å². The van der Waals surface area contributed by atoms with Crippen LogP contribution in [0.3, 0.4) is 0 Å². The summed E-state index contributed by atoms with van der Waals surface area (Å²) in [7, 11) is 0. The van der Waals surface area contributed by atoms with E-state index in [2.05, 4.69) is 10.6 Å². The Bertz CT molecular complexity index is 1090. The number of hydrogen-bond acceptors (Lipinski definition) is 11. The third-order valence-corrected chi connectivity index (χ3v) is 9.32. The lowest BCUT2D eigenvalue weighted by atomic mass is 9.94. The number of esters is 1. The maximum absolute atomic E-state index is 12.1. The van der Waals surface area contributed by atoms with Gasteiger partial charge >= 0.3 is 5.97 Å². The van der Waals surface area contributed by atoms with Crippen LogP contribution in [-0.4, -0.2) is 104 Å². The highest BCUT2D eigenvalue weighted by Crippen LogP contribution is 2.40. The SMILES string of the molecule is O=C(CCCC[C@H]1SC[C@H]2NC(=O)C[C@H]21)CCCOCCOCCOCCOC(=O)CCC(=O)NCCc1ccc(O)c(O)c1. The molecular formula is C32H48N2O10S. The van der Waals surface area contributed by atoms with E-state index in [1.165, 1.54) is 12.1 Å². The average Bonchev–Trinajstić information content (AvgIpc) is 3.57. The van der Waals surface area contributed by atoms with E-state index in [0.717, 1.165) is 30.6 Å². The summed E-state index contributed by atoms with van der Waals surface area (Å²) in [6.45, 7) is 2.78. The second kappa shape index (κ2) is 21.0. The first-order valence-electron chi connectivity index (χ1n) is 15.9. The fraction of sp³-hybridized carbons (Fsp3) is 0.688. The zero-order valence-corrected chi connectivity index (χ0v) is 26.8. The lowest BCUT2D eigenvalue weighted by Gasteiger charge is -2.15. The molecule has 13 heteroatoms. The van der Waals surface area contributed by atoms with Crippen molar-refractivity contribution in [3.05, 3.63) is 23.8 Å². The minimum Gasteiger partial charge on any atom is -0.504 e. The van der Waals surface area contributed by atoms with Crippen molar-refractivity contribution in [2.75, 3.05) is 58.5 Å². The van der Waals surface area contributed by atoms with Crippen molar-refractivity contribution in [3.63, 3.8) is 0 Å². The molecule has 3 atom stereocenters. The second-order valence-corrected chi connectivity index (χ2v) is 12.6. The highest BCUT2D eigenvalue weighted by Gasteiger charge is 2.42. The van der Waals surface area contributed by atoms with Gasteiger partial charge in [-0.25, -0.2) is 0 Å². The molecule has 3 rings (SSSR count). The predicted molar refractivity (Wildman–Crippen MR) is 168 cm³/mol. The van der Waals surface area contributed by atoms with Crippen LogP contribution in [0.5, 0.6) is 11.5 Å². The van der Waals surface area contributed by atoms with Gasteiger partial charge in [0.1, 0.15) is 12.4 Å². The number of phenolic OH excluding ortho intramolecular Hbond substituents is 2. The molecule has 0 aliphatic carbocycles. The molecule has 12 nitrogen and oxygen atoms in total. The number of unbranched alkanes of at least 4 members (excludes halogenated alkanes) is 1. The molecule has 0 spiro atoms. The van der Waals surface area contributed by atoms with Gasteiger partial charge in [-0.2, -0.15) is 11.8 Å². The van der Waals surface area contributed by atoms with Crippen LogP contribution in [0.1, 0.15) is 63.4 Å². The van der Waals surface area contributed by atoms with Gasteiger partial charge in [0, 0.05) is 61.8 Å². The molecule has 2 amide bonds. The van der Waals surface area contributed by atoms with Crippen LogP contribution in [0.15, 0.2) is 18.2 Å². The topological polar surface area (TPSA) is 170 Å². The number of thioether (sulfide) groups is 1. The molecule has 2 aliphatic rings. The second-order valence-electron chi connectivity index (χ2n) is 11.3. The molecule has 1 aromatic rings. The third kappa shape index (κ3) is 14.8. The van der Waals surface area contributed by atoms with Gasteiger partial charge in [-0.05, 0) is 43.4 Å². The standard InChI is InChI=1S/C32H48N2O10S/c35-24(4-1-2-6-29-25-21-31(39)34-26(25)22-45-29)5-3-13-41-14-15-42-16-17-43-18-19-44-32(40)10-9-30(38)33-12-11-23-7-8-27(36)28(37)20-23/h7-8,20,25-26,29,36-37H,1-6,9-19,21-22H2,(H,33,38)(H,34,39)/t25-,26-,29-/m1/s1. The summed E-state index contributed by atoms with van der Waals surface area (Å²) in [4.78, 5) is 47.4. The number of phenols is 2. The van der Waals surface area contributed by atoms with Crippen LogP contribution in [0.2, 0.25) is 0 Å². The number of amides is 2. The molecule has 0 saturated carbocycles. The molecule has 252 valence electrons. The molecule has 2 heterocycles. The Morgan fingerprint density at radius 2 is 1.58 bits per heavy atom. The summed E-state index contributed by atoms with van der Waals surface area (Å²) in [5.74, 6) is 0.786. The van der Waals surface area contributed by atoms with Crippen LogP contribution in [0.25, 0.3) is 0 Å². The van der Waals surface area contributed by atoms with E-state index in [-0.39, 0.29) is 55.2 Å². The molecule has 1 aromatic carbocycles. The van der Waals surface area contributed by atoms with Crippen LogP contribution >= 0.6 is 11.8 Å². The first-order chi connectivity index (χ1) is 21.8. The maximum Gasteiger partial charge on any atom is 0.306 e. The van der Waals surface area contributed by atoms with Crippen LogP contribution in [0, 0.1) is 5.92 Å². The van der Waals surface area contributed by atoms with Crippen molar-refractivity contribution in [2.45, 2.75) is 75.5 Å². The van der Waals surface area contributed by atoms with E-state index in [1.54, 1.807) is 6.07 Å². The van der Waals surface area contributed by atoms with E-state index in [4.69, 9.17) is 18.9 Å². The van der Waals surface area contributed by atoms with E-state index >= 15 is 0 Å². The Balaban J connectivity index is 1.02. The first kappa shape index (κ1) is 36.6. The fourth-order valence-electron chi connectivity index (χ4n) is 5.30. The third-order valence-electron chi connectivity index (χ3n) is 7.76. The molecule has 0 bridgehead atoms. The van der Waals surface area contributed by atoms with Crippen molar-refractivity contribution in [2.24, 2.45) is 5.92 Å². The largest absolute Gasteiger partial charge is 0.504 e. The summed E-state index contributed by atoms with van der Waals surface area (Å²) in [5.41, 5.74) is 0.765. The Hall–Kier alpha value is -2.87. The van der Waals surface area contributed by atoms with Crippen molar-refractivity contribution < 1.29 is 48.3 Å². The number of benzene rings is 1. The summed E-state index contributed by atoms with van der Waals surface area (Å²) in [6, 6.07) is 4.83. The number of carbonyl (C=O) groups is 4. The molecule has 0 aromatic heterocycles. The Labute approximate surface area is 269 Å². The Morgan fingerprint density at radius 1 is 0.867 bits per heavy atom. The van der Waals surface area contributed by atoms with Gasteiger partial charge in [0.25, 0.3) is 0 Å². The summed E-state index contributed by atoms with van der Waals surface area (Å²) in [6.07, 6.45) is 5.98. The minimum atomic E-state index is -0.481. The predicted octanol–water partition coefficient (Wildman–Crippen LogP) is 2.66. The van der Waals surface area contributed by atoms with Gasteiger partial charge in [-0.1, -0.05) is 12.5 Å².